The molecule has 1 aromatic heterocycles. The maximum atomic E-state index is 13.8. The number of hydrogen-bond donors (Lipinski definition) is 1. The molecule has 0 amide bonds. The number of hydrogen-bond acceptors (Lipinski definition) is 9. The lowest BCUT2D eigenvalue weighted by Gasteiger charge is -2.23. The van der Waals surface area contributed by atoms with Crippen LogP contribution in [0.1, 0.15) is 99.6 Å². The third-order valence-electron chi connectivity index (χ3n) is 7.20. The molecule has 0 aliphatic carbocycles. The summed E-state index contributed by atoms with van der Waals surface area (Å²) in [5.74, 6) is 0.164. The van der Waals surface area contributed by atoms with Gasteiger partial charge in [-0.1, -0.05) is 37.1 Å². The number of nitrogens with one attached hydrogen (secondary N) is 1. The van der Waals surface area contributed by atoms with Crippen LogP contribution in [-0.4, -0.2) is 47.5 Å². The third kappa shape index (κ3) is 14.4. The minimum absolute atomic E-state index is 0.137. The van der Waals surface area contributed by atoms with Gasteiger partial charge in [-0.05, 0) is 78.1 Å². The van der Waals surface area contributed by atoms with Crippen LogP contribution in [-0.2, 0) is 32.4 Å². The molecule has 0 bridgehead atoms. The maximum Gasteiger partial charge on any atom is 0.474 e. The molecule has 0 spiro atoms. The van der Waals surface area contributed by atoms with E-state index < -0.39 is 43.5 Å². The number of aromatic nitrogens is 2. The third-order valence-corrected chi connectivity index (χ3v) is 8.66. The lowest BCUT2D eigenvalue weighted by molar-refractivity contribution is -0.150. The zero-order chi connectivity index (χ0) is 32.0. The van der Waals surface area contributed by atoms with Crippen LogP contribution in [0.2, 0.25) is 0 Å². The molecule has 43 heavy (non-hydrogen) atoms. The van der Waals surface area contributed by atoms with Crippen molar-refractivity contribution in [3.63, 3.8) is 0 Å². The highest BCUT2D eigenvalue weighted by Gasteiger charge is 2.41. The van der Waals surface area contributed by atoms with Crippen molar-refractivity contribution < 1.29 is 32.4 Å². The number of carbonyl (C=O) groups is 1. The van der Waals surface area contributed by atoms with Crippen LogP contribution in [0.5, 0.6) is 0 Å². The van der Waals surface area contributed by atoms with E-state index in [9.17, 15) is 18.9 Å². The average Bonchev–Trinajstić information content (AvgIpc) is 3.28. The second-order valence-corrected chi connectivity index (χ2v) is 13.6. The van der Waals surface area contributed by atoms with E-state index >= 15 is 0 Å². The predicted octanol–water partition coefficient (Wildman–Crippen LogP) is 6.46. The molecule has 1 aliphatic rings. The van der Waals surface area contributed by atoms with Crippen LogP contribution < -0.4 is 11.2 Å². The Bertz CT molecular complexity index is 1190. The van der Waals surface area contributed by atoms with Gasteiger partial charge in [0, 0.05) is 25.6 Å². The number of allylic oxidation sites excluding steroid dienone is 4. The summed E-state index contributed by atoms with van der Waals surface area (Å²) in [7, 11) is -4.00. The van der Waals surface area contributed by atoms with E-state index in [4.69, 9.17) is 23.0 Å². The zero-order valence-electron chi connectivity index (χ0n) is 26.8. The second-order valence-electron chi connectivity index (χ2n) is 11.9. The first-order chi connectivity index (χ1) is 20.3. The first-order valence-electron chi connectivity index (χ1n) is 15.2. The molecule has 0 aromatic carbocycles. The Morgan fingerprint density at radius 1 is 0.977 bits per heavy atom. The monoisotopic (exact) mass is 626 g/mol. The molecule has 0 radical (unpaired) electrons. The van der Waals surface area contributed by atoms with Gasteiger partial charge in [-0.25, -0.2) is 9.36 Å². The maximum absolute atomic E-state index is 13.8. The Morgan fingerprint density at radius 3 is 2.02 bits per heavy atom. The van der Waals surface area contributed by atoms with Gasteiger partial charge in [-0.15, -0.1) is 0 Å². The first kappa shape index (κ1) is 36.9. The van der Waals surface area contributed by atoms with E-state index in [-0.39, 0.29) is 26.2 Å². The first-order valence-corrected chi connectivity index (χ1v) is 16.7. The molecule has 1 saturated heterocycles. The average molecular weight is 627 g/mol. The smallest absolute Gasteiger partial charge is 0.460 e. The Hall–Kier alpha value is -2.30. The lowest BCUT2D eigenvalue weighted by Crippen LogP contribution is -2.32. The van der Waals surface area contributed by atoms with Gasteiger partial charge in [0.05, 0.1) is 19.8 Å². The molecule has 12 heteroatoms. The summed E-state index contributed by atoms with van der Waals surface area (Å²) in [6.45, 7) is 13.9. The van der Waals surface area contributed by atoms with E-state index in [1.807, 2.05) is 0 Å². The summed E-state index contributed by atoms with van der Waals surface area (Å²) < 4.78 is 43.7. The number of nitrogens with zero attached hydrogens (tertiary/aromatic N) is 1. The minimum atomic E-state index is -4.00. The summed E-state index contributed by atoms with van der Waals surface area (Å²) in [5.41, 5.74) is 1.36. The Kier molecular flexibility index (Phi) is 15.9. The van der Waals surface area contributed by atoms with Gasteiger partial charge in [-0.3, -0.25) is 32.7 Å². The van der Waals surface area contributed by atoms with E-state index in [0.717, 1.165) is 25.7 Å². The highest BCUT2D eigenvalue weighted by molar-refractivity contribution is 7.48. The summed E-state index contributed by atoms with van der Waals surface area (Å²) in [6, 6.07) is 1.20. The molecule has 1 aliphatic heterocycles. The van der Waals surface area contributed by atoms with Crippen molar-refractivity contribution >= 4 is 13.8 Å². The van der Waals surface area contributed by atoms with Crippen LogP contribution in [0.25, 0.3) is 0 Å². The van der Waals surface area contributed by atoms with Crippen LogP contribution >= 0.6 is 7.82 Å². The molecule has 1 N–H and O–H groups in total. The number of phosphoric acid groups is 1. The molecule has 2 heterocycles. The quantitative estimate of drug-likeness (QED) is 0.104. The van der Waals surface area contributed by atoms with E-state index in [2.05, 4.69) is 58.7 Å². The fourth-order valence-electron chi connectivity index (χ4n) is 4.62. The van der Waals surface area contributed by atoms with Gasteiger partial charge in [0.15, 0.2) is 0 Å². The van der Waals surface area contributed by atoms with Crippen molar-refractivity contribution in [1.82, 2.24) is 9.55 Å². The highest BCUT2D eigenvalue weighted by Crippen LogP contribution is 2.51. The van der Waals surface area contributed by atoms with Gasteiger partial charge in [0.1, 0.15) is 18.4 Å². The largest absolute Gasteiger partial charge is 0.474 e. The standard InChI is InChI=1S/C31H51N2O9P/c1-22(2)10-8-12-24(5)15-18-38-43(37,39-19-16-25(6)13-9-11-23(3)4)40-21-28-27(41-26(7)34)20-30(42-28)33-17-14-29(35)32-31(33)36/h10-11,14,17,24-25,27-28,30H,8-9,12-13,15-16,18-21H2,1-7H3,(H,32,35,36)/t24?,25?,27-,28+,30+,43?/m0/s1. The van der Waals surface area contributed by atoms with Crippen molar-refractivity contribution in [3.05, 3.63) is 56.4 Å². The number of carbonyl (C=O) groups excluding carboxylic acids is 1. The van der Waals surface area contributed by atoms with Gasteiger partial charge < -0.3 is 9.47 Å². The second kappa shape index (κ2) is 18.5. The summed E-state index contributed by atoms with van der Waals surface area (Å²) >= 11 is 0. The number of phosphoric ester groups is 1. The van der Waals surface area contributed by atoms with Crippen molar-refractivity contribution in [2.75, 3.05) is 19.8 Å². The SMILES string of the molecule is CC(=O)O[C@H]1C[C@H](n2ccc(=O)[nH]c2=O)O[C@@H]1COP(=O)(OCCC(C)CCC=C(C)C)OCCC(C)CCC=C(C)C. The minimum Gasteiger partial charge on any atom is -0.460 e. The molecule has 1 fully saturated rings. The van der Waals surface area contributed by atoms with Crippen LogP contribution in [0.4, 0.5) is 0 Å². The molecular weight excluding hydrogens is 575 g/mol. The van der Waals surface area contributed by atoms with Crippen LogP contribution in [0, 0.1) is 11.8 Å². The van der Waals surface area contributed by atoms with E-state index in [1.165, 1.54) is 34.9 Å². The number of esters is 1. The number of ether oxygens (including phenoxy) is 2. The fourth-order valence-corrected chi connectivity index (χ4v) is 5.83. The highest BCUT2D eigenvalue weighted by atomic mass is 31.2. The van der Waals surface area contributed by atoms with Crippen molar-refractivity contribution in [3.8, 4) is 0 Å². The summed E-state index contributed by atoms with van der Waals surface area (Å²) in [5, 5.41) is 0. The van der Waals surface area contributed by atoms with Gasteiger partial charge in [0.25, 0.3) is 5.56 Å². The molecule has 0 saturated carbocycles. The zero-order valence-corrected chi connectivity index (χ0v) is 27.7. The summed E-state index contributed by atoms with van der Waals surface area (Å²) in [6.07, 6.45) is 8.65. The van der Waals surface area contributed by atoms with Crippen LogP contribution in [0.15, 0.2) is 45.2 Å². The van der Waals surface area contributed by atoms with E-state index in [1.54, 1.807) is 0 Å². The Labute approximate surface area is 255 Å². The van der Waals surface area contributed by atoms with E-state index in [0.29, 0.717) is 24.7 Å². The Balaban J connectivity index is 2.07. The van der Waals surface area contributed by atoms with Crippen molar-refractivity contribution in [2.24, 2.45) is 11.8 Å². The number of H-pyrrole nitrogens is 1. The molecule has 5 atom stereocenters. The molecule has 1 aromatic rings. The molecule has 2 rings (SSSR count). The molecule has 2 unspecified atom stereocenters. The topological polar surface area (TPSA) is 135 Å². The molecule has 244 valence electrons. The van der Waals surface area contributed by atoms with Gasteiger partial charge in [0.2, 0.25) is 0 Å². The predicted molar refractivity (Wildman–Crippen MR) is 166 cm³/mol. The van der Waals surface area contributed by atoms with Gasteiger partial charge in [-0.2, -0.15) is 0 Å². The normalized spacial score (nSPS) is 21.0. The lowest BCUT2D eigenvalue weighted by atomic mass is 10.0. The van der Waals surface area contributed by atoms with Crippen molar-refractivity contribution in [1.29, 1.82) is 0 Å². The number of aromatic amines is 1. The van der Waals surface area contributed by atoms with Gasteiger partial charge >= 0.3 is 19.5 Å². The molecule has 11 nitrogen and oxygen atoms in total. The Morgan fingerprint density at radius 2 is 1.53 bits per heavy atom. The fraction of sp³-hybridized carbons (Fsp3) is 0.710. The molecular formula is C31H51N2O9P. The van der Waals surface area contributed by atoms with Crippen LogP contribution in [0.3, 0.4) is 0 Å². The van der Waals surface area contributed by atoms with Crippen molar-refractivity contribution in [2.45, 2.75) is 112 Å². The summed E-state index contributed by atoms with van der Waals surface area (Å²) in [4.78, 5) is 37.8. The number of rotatable bonds is 19.